The van der Waals surface area contributed by atoms with Crippen LogP contribution in [0.3, 0.4) is 0 Å². The van der Waals surface area contributed by atoms with Crippen LogP contribution in [0.5, 0.6) is 5.75 Å². The summed E-state index contributed by atoms with van der Waals surface area (Å²) < 4.78 is 6.11. The van der Waals surface area contributed by atoms with E-state index >= 15 is 0 Å². The van der Waals surface area contributed by atoms with E-state index in [1.54, 1.807) is 18.2 Å². The maximum Gasteiger partial charge on any atom is 0.266 e. The third-order valence-electron chi connectivity index (χ3n) is 5.65. The minimum absolute atomic E-state index is 0.241. The van der Waals surface area contributed by atoms with Crippen molar-refractivity contribution in [3.63, 3.8) is 0 Å². The van der Waals surface area contributed by atoms with Gasteiger partial charge < -0.3 is 15.6 Å². The Kier molecular flexibility index (Phi) is 3.88. The van der Waals surface area contributed by atoms with Crippen molar-refractivity contribution in [1.29, 1.82) is 0 Å². The van der Waals surface area contributed by atoms with E-state index in [0.29, 0.717) is 40.6 Å². The van der Waals surface area contributed by atoms with Crippen LogP contribution in [0.4, 0.5) is 5.69 Å². The molecular weight excluding hydrogens is 340 g/mol. The van der Waals surface area contributed by atoms with E-state index in [4.69, 9.17) is 10.5 Å². The number of aliphatic hydroxyl groups is 1. The summed E-state index contributed by atoms with van der Waals surface area (Å²) in [6.07, 6.45) is 0. The highest BCUT2D eigenvalue weighted by molar-refractivity contribution is 6.13. The molecule has 4 N–H and O–H groups in total. The highest BCUT2D eigenvalue weighted by Gasteiger charge is 2.71. The second-order valence-corrected chi connectivity index (χ2v) is 8.28. The molecule has 2 atom stereocenters. The number of nitrogens with two attached hydrogens (primary N) is 1. The molecule has 1 aliphatic heterocycles. The number of nitrogens with one attached hydrogen (secondary N) is 1. The molecular formula is C22H26N2O3. The summed E-state index contributed by atoms with van der Waals surface area (Å²) in [5.74, 6) is -0.915. The molecule has 0 saturated heterocycles. The van der Waals surface area contributed by atoms with E-state index in [0.717, 1.165) is 5.56 Å². The van der Waals surface area contributed by atoms with Gasteiger partial charge in [0, 0.05) is 16.8 Å². The van der Waals surface area contributed by atoms with Crippen molar-refractivity contribution in [1.82, 2.24) is 5.32 Å². The van der Waals surface area contributed by atoms with Crippen molar-refractivity contribution in [3.05, 3.63) is 58.7 Å². The van der Waals surface area contributed by atoms with Crippen molar-refractivity contribution in [2.75, 3.05) is 12.3 Å². The average Bonchev–Trinajstić information content (AvgIpc) is 2.97. The first-order valence-corrected chi connectivity index (χ1v) is 9.47. The fourth-order valence-electron chi connectivity index (χ4n) is 4.19. The second kappa shape index (κ2) is 5.81. The van der Waals surface area contributed by atoms with E-state index in [9.17, 15) is 9.90 Å². The third kappa shape index (κ3) is 2.22. The maximum absolute atomic E-state index is 13.6. The smallest absolute Gasteiger partial charge is 0.266 e. The Morgan fingerprint density at radius 1 is 1.15 bits per heavy atom. The molecule has 2 aliphatic rings. The van der Waals surface area contributed by atoms with E-state index in [2.05, 4.69) is 33.0 Å². The molecule has 0 fully saturated rings. The largest absolute Gasteiger partial charge is 0.455 e. The monoisotopic (exact) mass is 366 g/mol. The topological polar surface area (TPSA) is 84.6 Å². The molecule has 0 radical (unpaired) electrons. The molecule has 5 heteroatoms. The summed E-state index contributed by atoms with van der Waals surface area (Å²) in [6.45, 7) is 8.86. The minimum Gasteiger partial charge on any atom is -0.455 e. The van der Waals surface area contributed by atoms with Crippen LogP contribution < -0.4 is 15.8 Å². The Morgan fingerprint density at radius 3 is 2.56 bits per heavy atom. The van der Waals surface area contributed by atoms with Gasteiger partial charge in [0.05, 0.1) is 5.56 Å². The van der Waals surface area contributed by atoms with Gasteiger partial charge in [0.25, 0.3) is 5.79 Å². The molecule has 0 aromatic heterocycles. The van der Waals surface area contributed by atoms with E-state index in [1.165, 1.54) is 0 Å². The molecule has 2 aromatic rings. The highest BCUT2D eigenvalue weighted by Crippen LogP contribution is 2.59. The van der Waals surface area contributed by atoms with Crippen LogP contribution >= 0.6 is 0 Å². The average molecular weight is 366 g/mol. The van der Waals surface area contributed by atoms with Crippen LogP contribution in [0.15, 0.2) is 36.4 Å². The Balaban J connectivity index is 1.97. The highest BCUT2D eigenvalue weighted by atomic mass is 16.6. The van der Waals surface area contributed by atoms with E-state index in [1.807, 2.05) is 18.2 Å². The molecule has 0 spiro atoms. The van der Waals surface area contributed by atoms with Crippen molar-refractivity contribution in [2.24, 2.45) is 5.92 Å². The summed E-state index contributed by atoms with van der Waals surface area (Å²) in [5, 5.41) is 15.1. The van der Waals surface area contributed by atoms with Gasteiger partial charge in [-0.05, 0) is 36.1 Å². The van der Waals surface area contributed by atoms with Crippen LogP contribution in [0.25, 0.3) is 0 Å². The fraction of sp³-hybridized carbons (Fsp3) is 0.409. The van der Waals surface area contributed by atoms with Crippen molar-refractivity contribution in [3.8, 4) is 5.75 Å². The van der Waals surface area contributed by atoms with Gasteiger partial charge >= 0.3 is 0 Å². The van der Waals surface area contributed by atoms with Gasteiger partial charge in [-0.15, -0.1) is 0 Å². The molecule has 1 heterocycles. The van der Waals surface area contributed by atoms with Crippen LogP contribution in [0.2, 0.25) is 0 Å². The SMILES string of the molecule is CC(C)CNC12C(=O)c3c(N)cccc3C1(O)Oc1cc(C(C)C)ccc12. The zero-order chi connectivity index (χ0) is 19.6. The Hall–Kier alpha value is -2.37. The Bertz CT molecular complexity index is 937. The van der Waals surface area contributed by atoms with E-state index in [-0.39, 0.29) is 11.7 Å². The molecule has 2 aromatic carbocycles. The lowest BCUT2D eigenvalue weighted by Crippen LogP contribution is -2.59. The first kappa shape index (κ1) is 18.0. The lowest BCUT2D eigenvalue weighted by Gasteiger charge is -2.35. The number of Topliss-reactive ketones (excluding diaryl/α,β-unsaturated/α-hetero) is 1. The number of hydrogen-bond acceptors (Lipinski definition) is 5. The van der Waals surface area contributed by atoms with E-state index < -0.39 is 11.3 Å². The molecule has 5 nitrogen and oxygen atoms in total. The predicted octanol–water partition coefficient (Wildman–Crippen LogP) is 3.27. The number of carbonyl (C=O) groups excluding carboxylic acids is 1. The second-order valence-electron chi connectivity index (χ2n) is 8.28. The summed E-state index contributed by atoms with van der Waals surface area (Å²) in [5.41, 5.74) is 7.60. The Morgan fingerprint density at radius 2 is 1.89 bits per heavy atom. The number of ketones is 1. The van der Waals surface area contributed by atoms with Crippen molar-refractivity contribution >= 4 is 11.5 Å². The van der Waals surface area contributed by atoms with Gasteiger partial charge in [-0.3, -0.25) is 10.1 Å². The number of carbonyl (C=O) groups is 1. The van der Waals surface area contributed by atoms with Gasteiger partial charge in [0.2, 0.25) is 0 Å². The van der Waals surface area contributed by atoms with Gasteiger partial charge in [-0.1, -0.05) is 52.0 Å². The number of hydrogen-bond donors (Lipinski definition) is 3. The third-order valence-corrected chi connectivity index (χ3v) is 5.65. The number of nitrogen functional groups attached to an aromatic ring is 1. The molecule has 1 aliphatic carbocycles. The van der Waals surface area contributed by atoms with Crippen LogP contribution in [0.1, 0.15) is 60.7 Å². The zero-order valence-electron chi connectivity index (χ0n) is 16.2. The first-order valence-electron chi connectivity index (χ1n) is 9.47. The minimum atomic E-state index is -1.82. The maximum atomic E-state index is 13.6. The van der Waals surface area contributed by atoms with Crippen LogP contribution in [0, 0.1) is 5.92 Å². The molecule has 0 bridgehead atoms. The number of anilines is 1. The standard InChI is InChI=1S/C22H26N2O3/c1-12(2)11-24-21-15-9-8-14(13(3)4)10-18(15)27-22(21,26)16-6-5-7-17(23)19(16)20(21)25/h5-10,12-13,24,26H,11,23H2,1-4H3. The van der Waals surface area contributed by atoms with Gasteiger partial charge in [0.1, 0.15) is 5.75 Å². The molecule has 142 valence electrons. The zero-order valence-corrected chi connectivity index (χ0v) is 16.2. The summed E-state index contributed by atoms with van der Waals surface area (Å²) >= 11 is 0. The molecule has 2 unspecified atom stereocenters. The lowest BCUT2D eigenvalue weighted by molar-refractivity contribution is -0.172. The fourth-order valence-corrected chi connectivity index (χ4v) is 4.19. The first-order chi connectivity index (χ1) is 12.7. The van der Waals surface area contributed by atoms with Crippen LogP contribution in [-0.4, -0.2) is 17.4 Å². The summed E-state index contributed by atoms with van der Waals surface area (Å²) in [6, 6.07) is 11.0. The van der Waals surface area contributed by atoms with Crippen molar-refractivity contribution < 1.29 is 14.6 Å². The van der Waals surface area contributed by atoms with Crippen molar-refractivity contribution in [2.45, 2.75) is 44.9 Å². The molecule has 0 saturated carbocycles. The normalized spacial score (nSPS) is 25.5. The molecule has 0 amide bonds. The Labute approximate surface area is 159 Å². The number of benzene rings is 2. The summed E-state index contributed by atoms with van der Waals surface area (Å²) in [7, 11) is 0. The quantitative estimate of drug-likeness (QED) is 0.723. The van der Waals surface area contributed by atoms with Gasteiger partial charge in [-0.25, -0.2) is 0 Å². The van der Waals surface area contributed by atoms with Gasteiger partial charge in [-0.2, -0.15) is 0 Å². The van der Waals surface area contributed by atoms with Gasteiger partial charge in [0.15, 0.2) is 11.3 Å². The van der Waals surface area contributed by atoms with Crippen LogP contribution in [-0.2, 0) is 11.3 Å². The number of rotatable bonds is 4. The molecule has 27 heavy (non-hydrogen) atoms. The number of fused-ring (bicyclic) bond motifs is 5. The number of ether oxygens (including phenoxy) is 1. The predicted molar refractivity (Wildman–Crippen MR) is 105 cm³/mol. The summed E-state index contributed by atoms with van der Waals surface area (Å²) in [4.78, 5) is 13.6. The lowest BCUT2D eigenvalue weighted by atomic mass is 9.82. The molecule has 4 rings (SSSR count).